The molecular weight excluding hydrogens is 197 g/mol. The van der Waals surface area contributed by atoms with E-state index in [1.54, 1.807) is 26.8 Å². The van der Waals surface area contributed by atoms with Crippen LogP contribution in [0.15, 0.2) is 12.1 Å². The van der Waals surface area contributed by atoms with Gasteiger partial charge in [-0.3, -0.25) is 0 Å². The van der Waals surface area contributed by atoms with E-state index in [0.29, 0.717) is 12.3 Å². The van der Waals surface area contributed by atoms with E-state index in [0.717, 1.165) is 5.56 Å². The van der Waals surface area contributed by atoms with E-state index >= 15 is 0 Å². The SMILES string of the molecule is CC(C)(O)C1(C)Cc2ccc(F)nc2O1. The first-order valence-corrected chi connectivity index (χ1v) is 4.89. The number of aliphatic hydroxyl groups is 1. The molecule has 0 saturated carbocycles. The molecular formula is C11H14FNO2. The summed E-state index contributed by atoms with van der Waals surface area (Å²) in [4.78, 5) is 3.66. The molecule has 0 fully saturated rings. The Bertz CT molecular complexity index is 400. The highest BCUT2D eigenvalue weighted by Gasteiger charge is 2.47. The summed E-state index contributed by atoms with van der Waals surface area (Å²) in [7, 11) is 0. The van der Waals surface area contributed by atoms with Crippen LogP contribution in [0, 0.1) is 5.95 Å². The normalized spacial score (nSPS) is 24.9. The molecule has 15 heavy (non-hydrogen) atoms. The molecule has 1 atom stereocenters. The summed E-state index contributed by atoms with van der Waals surface area (Å²) < 4.78 is 18.4. The van der Waals surface area contributed by atoms with Crippen LogP contribution in [0.5, 0.6) is 5.88 Å². The lowest BCUT2D eigenvalue weighted by Crippen LogP contribution is -2.51. The number of hydrogen-bond acceptors (Lipinski definition) is 3. The molecule has 1 unspecified atom stereocenters. The van der Waals surface area contributed by atoms with Gasteiger partial charge in [-0.1, -0.05) is 0 Å². The van der Waals surface area contributed by atoms with Crippen LogP contribution in [-0.4, -0.2) is 21.3 Å². The molecule has 4 heteroatoms. The Morgan fingerprint density at radius 2 is 2.20 bits per heavy atom. The summed E-state index contributed by atoms with van der Waals surface area (Å²) in [6.07, 6.45) is 0.541. The molecule has 0 aliphatic carbocycles. The van der Waals surface area contributed by atoms with Gasteiger partial charge in [0.1, 0.15) is 5.60 Å². The van der Waals surface area contributed by atoms with Gasteiger partial charge < -0.3 is 9.84 Å². The van der Waals surface area contributed by atoms with Crippen molar-refractivity contribution in [3.63, 3.8) is 0 Å². The largest absolute Gasteiger partial charge is 0.468 e. The Morgan fingerprint density at radius 1 is 1.53 bits per heavy atom. The molecule has 0 radical (unpaired) electrons. The van der Waals surface area contributed by atoms with Crippen LogP contribution < -0.4 is 4.74 Å². The lowest BCUT2D eigenvalue weighted by molar-refractivity contribution is -0.0916. The topological polar surface area (TPSA) is 42.4 Å². The van der Waals surface area contributed by atoms with Gasteiger partial charge in [-0.25, -0.2) is 0 Å². The highest BCUT2D eigenvalue weighted by Crippen LogP contribution is 2.39. The lowest BCUT2D eigenvalue weighted by Gasteiger charge is -2.35. The predicted molar refractivity (Wildman–Crippen MR) is 53.2 cm³/mol. The second kappa shape index (κ2) is 2.92. The lowest BCUT2D eigenvalue weighted by atomic mass is 9.84. The average molecular weight is 211 g/mol. The maximum atomic E-state index is 12.9. The van der Waals surface area contributed by atoms with Gasteiger partial charge in [0.15, 0.2) is 0 Å². The Kier molecular flexibility index (Phi) is 2.01. The fraction of sp³-hybridized carbons (Fsp3) is 0.545. The number of nitrogens with zero attached hydrogens (tertiary/aromatic N) is 1. The van der Waals surface area contributed by atoms with Crippen LogP contribution in [0.4, 0.5) is 4.39 Å². The number of pyridine rings is 1. The first kappa shape index (κ1) is 10.4. The zero-order valence-electron chi connectivity index (χ0n) is 9.04. The second-order valence-electron chi connectivity index (χ2n) is 4.67. The van der Waals surface area contributed by atoms with Gasteiger partial charge in [0.25, 0.3) is 0 Å². The van der Waals surface area contributed by atoms with E-state index in [2.05, 4.69) is 4.98 Å². The molecule has 0 aromatic carbocycles. The summed E-state index contributed by atoms with van der Waals surface area (Å²) in [5.41, 5.74) is -0.902. The summed E-state index contributed by atoms with van der Waals surface area (Å²) in [6.45, 7) is 5.15. The fourth-order valence-corrected chi connectivity index (χ4v) is 1.62. The molecule has 1 aliphatic heterocycles. The monoisotopic (exact) mass is 211 g/mol. The maximum Gasteiger partial charge on any atom is 0.220 e. The maximum absolute atomic E-state index is 12.9. The minimum absolute atomic E-state index is 0.291. The average Bonchev–Trinajstić information content (AvgIpc) is 2.40. The molecule has 0 saturated heterocycles. The van der Waals surface area contributed by atoms with Crippen molar-refractivity contribution in [1.82, 2.24) is 4.98 Å². The van der Waals surface area contributed by atoms with Gasteiger partial charge in [0.2, 0.25) is 11.8 Å². The number of halogens is 1. The molecule has 1 aromatic rings. The van der Waals surface area contributed by atoms with E-state index in [1.165, 1.54) is 6.07 Å². The van der Waals surface area contributed by atoms with Crippen molar-refractivity contribution in [3.8, 4) is 5.88 Å². The number of aromatic nitrogens is 1. The summed E-state index contributed by atoms with van der Waals surface area (Å²) in [6, 6.07) is 2.95. The van der Waals surface area contributed by atoms with Crippen molar-refractivity contribution in [2.24, 2.45) is 0 Å². The van der Waals surface area contributed by atoms with E-state index in [-0.39, 0.29) is 0 Å². The molecule has 2 rings (SSSR count). The molecule has 2 heterocycles. The number of ether oxygens (including phenoxy) is 1. The predicted octanol–water partition coefficient (Wildman–Crippen LogP) is 1.69. The van der Waals surface area contributed by atoms with E-state index in [9.17, 15) is 9.50 Å². The van der Waals surface area contributed by atoms with Crippen LogP contribution in [0.3, 0.4) is 0 Å². The Morgan fingerprint density at radius 3 is 2.80 bits per heavy atom. The second-order valence-corrected chi connectivity index (χ2v) is 4.67. The summed E-state index contributed by atoms with van der Waals surface area (Å²) >= 11 is 0. The van der Waals surface area contributed by atoms with Gasteiger partial charge in [-0.05, 0) is 32.9 Å². The number of hydrogen-bond donors (Lipinski definition) is 1. The molecule has 0 spiro atoms. The zero-order valence-corrected chi connectivity index (χ0v) is 9.04. The minimum Gasteiger partial charge on any atom is -0.468 e. The van der Waals surface area contributed by atoms with Crippen LogP contribution in [0.25, 0.3) is 0 Å². The van der Waals surface area contributed by atoms with Crippen LogP contribution in [-0.2, 0) is 6.42 Å². The van der Waals surface area contributed by atoms with Gasteiger partial charge in [-0.15, -0.1) is 0 Å². The van der Waals surface area contributed by atoms with Gasteiger partial charge in [-0.2, -0.15) is 9.37 Å². The fourth-order valence-electron chi connectivity index (χ4n) is 1.62. The smallest absolute Gasteiger partial charge is 0.220 e. The Labute approximate surface area is 87.9 Å². The van der Waals surface area contributed by atoms with Crippen LogP contribution >= 0.6 is 0 Å². The van der Waals surface area contributed by atoms with E-state index in [4.69, 9.17) is 4.74 Å². The van der Waals surface area contributed by atoms with Gasteiger partial charge in [0.05, 0.1) is 5.60 Å². The number of fused-ring (bicyclic) bond motifs is 1. The Balaban J connectivity index is 2.37. The third-order valence-electron chi connectivity index (χ3n) is 3.05. The molecule has 1 aromatic heterocycles. The van der Waals surface area contributed by atoms with E-state index in [1.807, 2.05) is 0 Å². The zero-order chi connectivity index (χ0) is 11.3. The van der Waals surface area contributed by atoms with Crippen molar-refractivity contribution in [1.29, 1.82) is 0 Å². The highest BCUT2D eigenvalue weighted by atomic mass is 19.1. The van der Waals surface area contributed by atoms with Crippen molar-refractivity contribution in [2.75, 3.05) is 0 Å². The molecule has 3 nitrogen and oxygen atoms in total. The van der Waals surface area contributed by atoms with Crippen molar-refractivity contribution >= 4 is 0 Å². The summed E-state index contributed by atoms with van der Waals surface area (Å²) in [5.74, 6) is -0.270. The van der Waals surface area contributed by atoms with Crippen LogP contribution in [0.1, 0.15) is 26.3 Å². The van der Waals surface area contributed by atoms with Crippen molar-refractivity contribution < 1.29 is 14.2 Å². The molecule has 82 valence electrons. The first-order valence-electron chi connectivity index (χ1n) is 4.89. The molecule has 0 bridgehead atoms. The molecule has 1 aliphatic rings. The molecule has 1 N–H and O–H groups in total. The molecule has 0 amide bonds. The van der Waals surface area contributed by atoms with Crippen LogP contribution in [0.2, 0.25) is 0 Å². The third-order valence-corrected chi connectivity index (χ3v) is 3.05. The summed E-state index contributed by atoms with van der Waals surface area (Å²) in [5, 5.41) is 9.97. The minimum atomic E-state index is -0.996. The van der Waals surface area contributed by atoms with E-state index < -0.39 is 17.1 Å². The Hall–Kier alpha value is -1.16. The van der Waals surface area contributed by atoms with Gasteiger partial charge >= 0.3 is 0 Å². The van der Waals surface area contributed by atoms with Crippen molar-refractivity contribution in [2.45, 2.75) is 38.4 Å². The standard InChI is InChI=1S/C11H14FNO2/c1-10(2,14)11(3)6-7-4-5-8(12)13-9(7)15-11/h4-5,14H,6H2,1-3H3. The highest BCUT2D eigenvalue weighted by molar-refractivity contribution is 5.34. The quantitative estimate of drug-likeness (QED) is 0.719. The third kappa shape index (κ3) is 1.59. The first-order chi connectivity index (χ1) is 6.82. The number of rotatable bonds is 1. The van der Waals surface area contributed by atoms with Gasteiger partial charge in [0, 0.05) is 12.0 Å². The van der Waals surface area contributed by atoms with Crippen molar-refractivity contribution in [3.05, 3.63) is 23.6 Å².